The fraction of sp³-hybridized carbons (Fsp3) is 1.00. The minimum atomic E-state index is -0.250. The molecule has 0 radical (unpaired) electrons. The van der Waals surface area contributed by atoms with Crippen molar-refractivity contribution in [2.75, 3.05) is 0 Å². The van der Waals surface area contributed by atoms with E-state index in [2.05, 4.69) is 54.9 Å². The topological polar surface area (TPSA) is 0 Å². The molecule has 0 fully saturated rings. The average Bonchev–Trinajstić information content (AvgIpc) is 1.27. The monoisotopic (exact) mass is 294 g/mol. The van der Waals surface area contributed by atoms with E-state index in [4.69, 9.17) is 0 Å². The van der Waals surface area contributed by atoms with Gasteiger partial charge in [-0.2, -0.15) is 0 Å². The molecule has 48 valence electrons. The van der Waals surface area contributed by atoms with Crippen molar-refractivity contribution in [2.24, 2.45) is 5.41 Å². The Bertz CT molecular complexity index is 34.2. The third-order valence-corrected chi connectivity index (χ3v) is 0. The van der Waals surface area contributed by atoms with Gasteiger partial charge in [-0.05, 0) is 5.41 Å². The molecular weight excluding hydrogens is 285 g/mol. The van der Waals surface area contributed by atoms with Crippen LogP contribution < -0.4 is 0 Å². The second kappa shape index (κ2) is 6.70. The van der Waals surface area contributed by atoms with Crippen LogP contribution in [0.1, 0.15) is 27.7 Å². The van der Waals surface area contributed by atoms with Crippen LogP contribution in [0.3, 0.4) is 0 Å². The van der Waals surface area contributed by atoms with Crippen LogP contribution in [-0.2, 0) is 13.2 Å². The molecule has 0 N–H and O–H groups in total. The Morgan fingerprint density at radius 3 is 1.00 bits per heavy atom. The average molecular weight is 297 g/mol. The molecule has 8 heavy (non-hydrogen) atoms. The summed E-state index contributed by atoms with van der Waals surface area (Å²) in [4.78, 5) is 0. The van der Waals surface area contributed by atoms with E-state index in [0.29, 0.717) is 5.41 Å². The van der Waals surface area contributed by atoms with Crippen LogP contribution in [0.25, 0.3) is 0 Å². The zero-order valence-electron chi connectivity index (χ0n) is 5.96. The van der Waals surface area contributed by atoms with Gasteiger partial charge in [0.2, 0.25) is 0 Å². The van der Waals surface area contributed by atoms with Gasteiger partial charge in [0, 0.05) is 0 Å². The van der Waals surface area contributed by atoms with Crippen molar-refractivity contribution in [1.29, 1.82) is 0 Å². The number of rotatable bonds is 0. The second-order valence-electron chi connectivity index (χ2n) is 3.10. The summed E-state index contributed by atoms with van der Waals surface area (Å²) in [6, 6.07) is 0. The van der Waals surface area contributed by atoms with Crippen molar-refractivity contribution in [3.63, 3.8) is 0 Å². The summed E-state index contributed by atoms with van der Waals surface area (Å²) in [5.74, 6) is 0. The Morgan fingerprint density at radius 1 is 1.00 bits per heavy atom. The molecule has 0 aromatic rings. The van der Waals surface area contributed by atoms with E-state index in [1.807, 2.05) is 0 Å². The van der Waals surface area contributed by atoms with Crippen molar-refractivity contribution in [2.45, 2.75) is 27.7 Å². The zero-order valence-corrected chi connectivity index (χ0v) is 12.1. The van der Waals surface area contributed by atoms with Gasteiger partial charge in [-0.15, -0.1) is 0 Å². The number of halogens is 2. The first-order chi connectivity index (χ1) is 3.41. The van der Waals surface area contributed by atoms with Crippen molar-refractivity contribution in [3.05, 3.63) is 0 Å². The van der Waals surface area contributed by atoms with Crippen LogP contribution in [0.4, 0.5) is 0 Å². The van der Waals surface area contributed by atoms with Crippen LogP contribution >= 0.6 is 27.2 Å². The number of hydrogen-bond donors (Lipinski definition) is 0. The van der Waals surface area contributed by atoms with Crippen LogP contribution in [0.2, 0.25) is 0 Å². The predicted molar refractivity (Wildman–Crippen MR) is 43.0 cm³/mol. The fourth-order valence-electron chi connectivity index (χ4n) is 0. The third kappa shape index (κ3) is 131. The second-order valence-corrected chi connectivity index (χ2v) is 17.2. The molecule has 0 amide bonds. The Labute approximate surface area is 73.1 Å². The first-order valence-electron chi connectivity index (χ1n) is 2.53. The molecular formula is C5H12Br2Zn. The van der Waals surface area contributed by atoms with Gasteiger partial charge in [-0.1, -0.05) is 27.7 Å². The molecule has 0 saturated heterocycles. The van der Waals surface area contributed by atoms with E-state index in [9.17, 15) is 0 Å². The van der Waals surface area contributed by atoms with E-state index in [1.54, 1.807) is 0 Å². The molecule has 3 heteroatoms. The fourth-order valence-corrected chi connectivity index (χ4v) is 0. The predicted octanol–water partition coefficient (Wildman–Crippen LogP) is 3.74. The van der Waals surface area contributed by atoms with Crippen LogP contribution in [0, 0.1) is 5.41 Å². The molecule has 0 rings (SSSR count). The van der Waals surface area contributed by atoms with Gasteiger partial charge < -0.3 is 0 Å². The molecule has 0 heterocycles. The van der Waals surface area contributed by atoms with Gasteiger partial charge in [0.05, 0.1) is 0 Å². The Kier molecular flexibility index (Phi) is 10.3. The summed E-state index contributed by atoms with van der Waals surface area (Å²) in [5, 5.41) is 0. The third-order valence-electron chi connectivity index (χ3n) is 0. The van der Waals surface area contributed by atoms with Gasteiger partial charge in [-0.25, -0.2) is 0 Å². The van der Waals surface area contributed by atoms with E-state index in [0.717, 1.165) is 0 Å². The molecule has 0 aliphatic rings. The van der Waals surface area contributed by atoms with Crippen molar-refractivity contribution in [3.8, 4) is 0 Å². The first-order valence-corrected chi connectivity index (χ1v) is 16.4. The van der Waals surface area contributed by atoms with E-state index in [1.165, 1.54) is 0 Å². The minimum absolute atomic E-state index is 0.250. The maximum absolute atomic E-state index is 3.25. The summed E-state index contributed by atoms with van der Waals surface area (Å²) in [6.45, 7) is 8.75. The van der Waals surface area contributed by atoms with Crippen molar-refractivity contribution < 1.29 is 13.2 Å². The van der Waals surface area contributed by atoms with E-state index in [-0.39, 0.29) is 13.2 Å². The molecule has 0 aliphatic carbocycles. The van der Waals surface area contributed by atoms with Crippen LogP contribution in [-0.4, -0.2) is 0 Å². The van der Waals surface area contributed by atoms with Gasteiger partial charge in [-0.3, -0.25) is 0 Å². The molecule has 0 nitrogen and oxygen atoms in total. The summed E-state index contributed by atoms with van der Waals surface area (Å²) < 4.78 is 0. The first kappa shape index (κ1) is 12.3. The Hall–Kier alpha value is 1.58. The molecule has 0 aromatic carbocycles. The van der Waals surface area contributed by atoms with Crippen molar-refractivity contribution >= 4 is 27.2 Å². The zero-order chi connectivity index (χ0) is 7.21. The maximum atomic E-state index is 3.25. The summed E-state index contributed by atoms with van der Waals surface area (Å²) in [6.07, 6.45) is 0. The quantitative estimate of drug-likeness (QED) is 0.598. The van der Waals surface area contributed by atoms with Crippen LogP contribution in [0.5, 0.6) is 0 Å². The standard InChI is InChI=1S/C5H12.2BrH.Zn/c1-5(2,3)4;;;/h1-4H3;2*1H;/q;;;+2/p-2. The molecule has 0 aliphatic heterocycles. The molecule has 0 spiro atoms. The van der Waals surface area contributed by atoms with Gasteiger partial charge in [0.15, 0.2) is 0 Å². The Morgan fingerprint density at radius 2 is 1.00 bits per heavy atom. The molecule has 0 saturated carbocycles. The molecule has 0 atom stereocenters. The van der Waals surface area contributed by atoms with Gasteiger partial charge >= 0.3 is 40.5 Å². The summed E-state index contributed by atoms with van der Waals surface area (Å²) in [5.41, 5.74) is 0.500. The molecule has 0 aromatic heterocycles. The SMILES string of the molecule is CC(C)(C)C.[Br][Zn][Br]. The van der Waals surface area contributed by atoms with Crippen LogP contribution in [0.15, 0.2) is 0 Å². The van der Waals surface area contributed by atoms with Crippen molar-refractivity contribution in [1.82, 2.24) is 0 Å². The molecule has 0 bridgehead atoms. The summed E-state index contributed by atoms with van der Waals surface area (Å²) >= 11 is 6.25. The van der Waals surface area contributed by atoms with Gasteiger partial charge in [0.1, 0.15) is 0 Å². The molecule has 0 unspecified atom stereocenters. The Balaban J connectivity index is 0. The van der Waals surface area contributed by atoms with E-state index >= 15 is 0 Å². The summed E-state index contributed by atoms with van der Waals surface area (Å²) in [7, 11) is 0. The number of hydrogen-bond acceptors (Lipinski definition) is 0. The van der Waals surface area contributed by atoms with Gasteiger partial charge in [0.25, 0.3) is 0 Å². The van der Waals surface area contributed by atoms with E-state index < -0.39 is 0 Å². The normalized spacial score (nSPS) is 8.75.